The third-order valence-corrected chi connectivity index (χ3v) is 7.56. The topological polar surface area (TPSA) is 105 Å². The second-order valence-corrected chi connectivity index (χ2v) is 9.83. The molecule has 1 spiro atoms. The smallest absolute Gasteiger partial charge is 0.302 e. The van der Waals surface area contributed by atoms with E-state index in [0.717, 1.165) is 60.3 Å². The molecule has 3 aromatic rings. The molecule has 8 nitrogen and oxygen atoms in total. The summed E-state index contributed by atoms with van der Waals surface area (Å²) in [7, 11) is 0. The molecule has 2 N–H and O–H groups in total. The van der Waals surface area contributed by atoms with Crippen molar-refractivity contribution in [3.63, 3.8) is 0 Å². The molecule has 2 aliphatic carbocycles. The lowest BCUT2D eigenvalue weighted by Crippen LogP contribution is -2.49. The Morgan fingerprint density at radius 3 is 2.88 bits per heavy atom. The first-order chi connectivity index (χ1) is 16.1. The minimum atomic E-state index is -0.513. The summed E-state index contributed by atoms with van der Waals surface area (Å²) in [4.78, 5) is 33.3. The SMILES string of the molecule is CC1=NC(Nc2nc3ccccc3o2)=NC2(CCCC2)C1C(=O)Nc1nc2c(s1)C=CCC2. The van der Waals surface area contributed by atoms with Gasteiger partial charge >= 0.3 is 6.01 Å². The van der Waals surface area contributed by atoms with Gasteiger partial charge in [-0.1, -0.05) is 42.4 Å². The molecule has 1 amide bonds. The van der Waals surface area contributed by atoms with Gasteiger partial charge in [0, 0.05) is 5.71 Å². The Labute approximate surface area is 194 Å². The zero-order valence-electron chi connectivity index (χ0n) is 18.3. The highest BCUT2D eigenvalue weighted by molar-refractivity contribution is 7.16. The quantitative estimate of drug-likeness (QED) is 0.569. The first-order valence-electron chi connectivity index (χ1n) is 11.3. The maximum absolute atomic E-state index is 13.5. The molecule has 2 aromatic heterocycles. The van der Waals surface area contributed by atoms with E-state index in [1.807, 2.05) is 31.2 Å². The molecule has 0 saturated heterocycles. The van der Waals surface area contributed by atoms with Gasteiger partial charge < -0.3 is 9.73 Å². The highest BCUT2D eigenvalue weighted by atomic mass is 32.1. The van der Waals surface area contributed by atoms with E-state index in [1.54, 1.807) is 0 Å². The number of amides is 1. The van der Waals surface area contributed by atoms with Crippen molar-refractivity contribution >= 4 is 57.2 Å². The zero-order valence-corrected chi connectivity index (χ0v) is 19.1. The maximum atomic E-state index is 13.5. The van der Waals surface area contributed by atoms with E-state index in [9.17, 15) is 4.79 Å². The summed E-state index contributed by atoms with van der Waals surface area (Å²) in [6.07, 6.45) is 9.90. The van der Waals surface area contributed by atoms with E-state index >= 15 is 0 Å². The fraction of sp³-hybridized carbons (Fsp3) is 0.375. The van der Waals surface area contributed by atoms with Crippen LogP contribution in [0.3, 0.4) is 0 Å². The van der Waals surface area contributed by atoms with E-state index in [2.05, 4.69) is 37.7 Å². The number of carbonyl (C=O) groups excluding carboxylic acids is 1. The van der Waals surface area contributed by atoms with Gasteiger partial charge in [0.05, 0.1) is 16.1 Å². The van der Waals surface area contributed by atoms with Crippen molar-refractivity contribution < 1.29 is 9.21 Å². The predicted octanol–water partition coefficient (Wildman–Crippen LogP) is 5.05. The molecular formula is C24H24N6O2S. The minimum absolute atomic E-state index is 0.0853. The number of aryl methyl sites for hydroxylation is 1. The number of nitrogens with one attached hydrogen (secondary N) is 2. The summed E-state index contributed by atoms with van der Waals surface area (Å²) in [5.41, 5.74) is 2.76. The average Bonchev–Trinajstić information content (AvgIpc) is 3.51. The van der Waals surface area contributed by atoms with E-state index < -0.39 is 11.5 Å². The number of hydrogen-bond acceptors (Lipinski definition) is 8. The van der Waals surface area contributed by atoms with Gasteiger partial charge in [-0.2, -0.15) is 4.98 Å². The molecule has 1 unspecified atom stereocenters. The summed E-state index contributed by atoms with van der Waals surface area (Å²) in [5.74, 6) is -0.0663. The molecule has 1 fully saturated rings. The molecule has 0 radical (unpaired) electrons. The van der Waals surface area contributed by atoms with Crippen molar-refractivity contribution in [3.8, 4) is 0 Å². The Morgan fingerprint density at radius 2 is 2.06 bits per heavy atom. The van der Waals surface area contributed by atoms with Crippen LogP contribution in [0.2, 0.25) is 0 Å². The first kappa shape index (κ1) is 20.3. The van der Waals surface area contributed by atoms with Crippen LogP contribution in [0.4, 0.5) is 11.1 Å². The second kappa shape index (κ2) is 7.91. The summed E-state index contributed by atoms with van der Waals surface area (Å²) in [5, 5.41) is 6.84. The molecule has 1 saturated carbocycles. The van der Waals surface area contributed by atoms with E-state index in [0.29, 0.717) is 22.7 Å². The molecule has 33 heavy (non-hydrogen) atoms. The summed E-state index contributed by atoms with van der Waals surface area (Å²) in [6.45, 7) is 1.91. The van der Waals surface area contributed by atoms with Crippen molar-refractivity contribution in [2.75, 3.05) is 10.6 Å². The number of oxazole rings is 1. The number of aromatic nitrogens is 2. The number of guanidine groups is 1. The Morgan fingerprint density at radius 1 is 1.21 bits per heavy atom. The number of fused-ring (bicyclic) bond motifs is 2. The van der Waals surface area contributed by atoms with Gasteiger partial charge in [0.2, 0.25) is 11.9 Å². The van der Waals surface area contributed by atoms with Crippen LogP contribution in [0.5, 0.6) is 0 Å². The lowest BCUT2D eigenvalue weighted by Gasteiger charge is -2.36. The number of hydrogen-bond donors (Lipinski definition) is 2. The number of benzene rings is 1. The Hall–Kier alpha value is -3.33. The molecule has 6 rings (SSSR count). The number of rotatable bonds is 3. The van der Waals surface area contributed by atoms with Crippen molar-refractivity contribution in [3.05, 3.63) is 40.9 Å². The van der Waals surface area contributed by atoms with Crippen molar-refractivity contribution in [2.24, 2.45) is 15.9 Å². The van der Waals surface area contributed by atoms with Crippen LogP contribution in [0, 0.1) is 5.92 Å². The molecule has 0 bridgehead atoms. The first-order valence-corrected chi connectivity index (χ1v) is 12.2. The lowest BCUT2D eigenvalue weighted by atomic mass is 9.78. The van der Waals surface area contributed by atoms with Gasteiger partial charge in [0.1, 0.15) is 11.4 Å². The van der Waals surface area contributed by atoms with Gasteiger partial charge in [-0.05, 0) is 50.8 Å². The molecule has 3 heterocycles. The molecule has 168 valence electrons. The molecule has 3 aliphatic rings. The number of para-hydroxylation sites is 2. The van der Waals surface area contributed by atoms with Crippen LogP contribution >= 0.6 is 11.3 Å². The number of nitrogens with zero attached hydrogens (tertiary/aromatic N) is 4. The zero-order chi connectivity index (χ0) is 22.4. The van der Waals surface area contributed by atoms with E-state index in [4.69, 9.17) is 9.41 Å². The molecule has 1 atom stereocenters. The third kappa shape index (κ3) is 3.66. The Kier molecular flexibility index (Phi) is 4.86. The number of carbonyl (C=O) groups is 1. The normalized spacial score (nSPS) is 21.1. The highest BCUT2D eigenvalue weighted by Crippen LogP contribution is 2.43. The molecule has 1 aliphatic heterocycles. The second-order valence-electron chi connectivity index (χ2n) is 8.80. The number of allylic oxidation sites excluding steroid dienone is 1. The summed E-state index contributed by atoms with van der Waals surface area (Å²) < 4.78 is 5.79. The van der Waals surface area contributed by atoms with Gasteiger partial charge in [-0.25, -0.2) is 15.0 Å². The van der Waals surface area contributed by atoms with Crippen LogP contribution in [-0.2, 0) is 11.2 Å². The Balaban J connectivity index is 1.27. The fourth-order valence-electron chi connectivity index (χ4n) is 5.13. The highest BCUT2D eigenvalue weighted by Gasteiger charge is 2.49. The number of anilines is 2. The number of thiazole rings is 1. The average molecular weight is 461 g/mol. The van der Waals surface area contributed by atoms with Crippen molar-refractivity contribution in [1.82, 2.24) is 9.97 Å². The van der Waals surface area contributed by atoms with Crippen molar-refractivity contribution in [2.45, 2.75) is 51.0 Å². The van der Waals surface area contributed by atoms with Gasteiger partial charge in [0.25, 0.3) is 0 Å². The fourth-order valence-corrected chi connectivity index (χ4v) is 6.08. The maximum Gasteiger partial charge on any atom is 0.302 e. The van der Waals surface area contributed by atoms with E-state index in [1.165, 1.54) is 11.3 Å². The van der Waals surface area contributed by atoms with Crippen LogP contribution in [0.1, 0.15) is 49.6 Å². The number of aliphatic imine (C=N–C) groups is 2. The largest absolute Gasteiger partial charge is 0.423 e. The van der Waals surface area contributed by atoms with E-state index in [-0.39, 0.29) is 5.91 Å². The third-order valence-electron chi connectivity index (χ3n) is 6.58. The lowest BCUT2D eigenvalue weighted by molar-refractivity contribution is -0.119. The molecular weight excluding hydrogens is 436 g/mol. The van der Waals surface area contributed by atoms with Crippen LogP contribution < -0.4 is 10.6 Å². The minimum Gasteiger partial charge on any atom is -0.423 e. The van der Waals surface area contributed by atoms with Crippen LogP contribution in [0.15, 0.2) is 44.7 Å². The van der Waals surface area contributed by atoms with Gasteiger partial charge in [-0.15, -0.1) is 0 Å². The monoisotopic (exact) mass is 460 g/mol. The van der Waals surface area contributed by atoms with Crippen LogP contribution in [-0.4, -0.2) is 33.1 Å². The Bertz CT molecular complexity index is 1290. The summed E-state index contributed by atoms with van der Waals surface area (Å²) >= 11 is 1.53. The van der Waals surface area contributed by atoms with Gasteiger partial charge in [-0.3, -0.25) is 10.1 Å². The van der Waals surface area contributed by atoms with Crippen molar-refractivity contribution in [1.29, 1.82) is 0 Å². The van der Waals surface area contributed by atoms with Gasteiger partial charge in [0.15, 0.2) is 10.7 Å². The molecule has 9 heteroatoms. The predicted molar refractivity (Wildman–Crippen MR) is 131 cm³/mol. The standard InChI is InChI=1S/C24H24N6O2S/c1-14-19(20(31)28-23-27-16-9-3-5-11-18(16)33-23)24(12-6-7-13-24)30-21(25-14)29-22-26-15-8-2-4-10-17(15)32-22/h2,4-5,8,10-11,19H,3,6-7,9,12-13H2,1H3,(H,26,29,30)(H,27,28,31). The molecule has 1 aromatic carbocycles. The summed E-state index contributed by atoms with van der Waals surface area (Å²) in [6, 6.07) is 7.94. The van der Waals surface area contributed by atoms with Crippen LogP contribution in [0.25, 0.3) is 17.2 Å².